The molecule has 12 nitrogen and oxygen atoms in total. The fourth-order valence-corrected chi connectivity index (χ4v) is 4.68. The summed E-state index contributed by atoms with van der Waals surface area (Å²) in [5.41, 5.74) is 6.69. The highest BCUT2D eigenvalue weighted by Gasteiger charge is 2.26. The van der Waals surface area contributed by atoms with E-state index in [2.05, 4.69) is 15.3 Å². The van der Waals surface area contributed by atoms with Gasteiger partial charge in [0, 0.05) is 17.6 Å². The van der Waals surface area contributed by atoms with Gasteiger partial charge in [-0.05, 0) is 63.2 Å². The highest BCUT2D eigenvalue weighted by molar-refractivity contribution is 6.04. The number of rotatable bonds is 10. The molecule has 0 saturated heterocycles. The first-order valence-electron chi connectivity index (χ1n) is 13.9. The molecule has 5 rings (SSSR count). The van der Waals surface area contributed by atoms with Gasteiger partial charge in [0.15, 0.2) is 0 Å². The van der Waals surface area contributed by atoms with Gasteiger partial charge >= 0.3 is 5.97 Å². The molecule has 0 radical (unpaired) electrons. The molecule has 5 aromatic rings. The summed E-state index contributed by atoms with van der Waals surface area (Å²) < 4.78 is 19.7. The first-order chi connectivity index (χ1) is 21.2. The smallest absolute Gasteiger partial charge is 0.322 e. The van der Waals surface area contributed by atoms with Crippen LogP contribution < -0.4 is 26.1 Å². The summed E-state index contributed by atoms with van der Waals surface area (Å²) in [4.78, 5) is 47.9. The van der Waals surface area contributed by atoms with Crippen molar-refractivity contribution in [1.82, 2.24) is 19.3 Å². The molecular formula is C32H32N6O6. The maximum Gasteiger partial charge on any atom is 0.322 e. The lowest BCUT2D eigenvalue weighted by Crippen LogP contribution is -2.34. The second-order valence-corrected chi connectivity index (χ2v) is 10.2. The Bertz CT molecular complexity index is 1860. The molecule has 44 heavy (non-hydrogen) atoms. The predicted octanol–water partition coefficient (Wildman–Crippen LogP) is 4.22. The van der Waals surface area contributed by atoms with Crippen LogP contribution in [0.2, 0.25) is 0 Å². The van der Waals surface area contributed by atoms with E-state index in [1.165, 1.54) is 17.8 Å². The van der Waals surface area contributed by atoms with Gasteiger partial charge in [-0.2, -0.15) is 0 Å². The Hall–Kier alpha value is -5.49. The summed E-state index contributed by atoms with van der Waals surface area (Å²) in [6.45, 7) is 5.00. The molecule has 3 heterocycles. The number of hydrogen-bond acceptors (Lipinski definition) is 9. The van der Waals surface area contributed by atoms with Gasteiger partial charge in [-0.1, -0.05) is 18.2 Å². The van der Waals surface area contributed by atoms with Crippen LogP contribution in [0.5, 0.6) is 17.2 Å². The molecule has 226 valence electrons. The first kappa shape index (κ1) is 30.0. The summed E-state index contributed by atoms with van der Waals surface area (Å²) >= 11 is 0. The number of hydrogen-bond donors (Lipinski definition) is 2. The van der Waals surface area contributed by atoms with Gasteiger partial charge in [-0.25, -0.2) is 9.67 Å². The van der Waals surface area contributed by atoms with Crippen molar-refractivity contribution in [3.63, 3.8) is 0 Å². The van der Waals surface area contributed by atoms with E-state index in [4.69, 9.17) is 19.9 Å². The maximum atomic E-state index is 13.7. The van der Waals surface area contributed by atoms with Crippen molar-refractivity contribution < 1.29 is 23.8 Å². The largest absolute Gasteiger partial charge is 0.497 e. The molecule has 2 aromatic carbocycles. The fourth-order valence-electron chi connectivity index (χ4n) is 4.68. The number of nitrogens with two attached hydrogens (primary N) is 1. The zero-order valence-corrected chi connectivity index (χ0v) is 24.7. The SMILES string of the molecule is COc1ccc2c(Oc3ccc(NC(=O)c4c(C)n(C[C@@H](C)OC(=O)C(C)N)n(-c5ccccc5)c4=O)nc3)ccnc2c1. The maximum absolute atomic E-state index is 13.7. The van der Waals surface area contributed by atoms with Gasteiger partial charge in [0.25, 0.3) is 11.5 Å². The Kier molecular flexibility index (Phi) is 8.72. The number of anilines is 1. The van der Waals surface area contributed by atoms with Crippen molar-refractivity contribution in [2.75, 3.05) is 12.4 Å². The molecule has 0 fully saturated rings. The van der Waals surface area contributed by atoms with Crippen molar-refractivity contribution in [3.8, 4) is 22.9 Å². The van der Waals surface area contributed by atoms with Crippen LogP contribution in [0.25, 0.3) is 16.6 Å². The summed E-state index contributed by atoms with van der Waals surface area (Å²) in [6, 6.07) is 18.6. The van der Waals surface area contributed by atoms with Gasteiger partial charge in [0.05, 0.1) is 36.7 Å². The average Bonchev–Trinajstić information content (AvgIpc) is 3.26. The summed E-state index contributed by atoms with van der Waals surface area (Å²) in [5.74, 6) is 0.731. The first-order valence-corrected chi connectivity index (χ1v) is 13.9. The lowest BCUT2D eigenvalue weighted by atomic mass is 10.2. The lowest BCUT2D eigenvalue weighted by molar-refractivity contribution is -0.150. The number of carbonyl (C=O) groups is 2. The third kappa shape index (κ3) is 6.30. The highest BCUT2D eigenvalue weighted by Crippen LogP contribution is 2.30. The van der Waals surface area contributed by atoms with E-state index in [0.717, 1.165) is 5.39 Å². The molecule has 0 aliphatic heterocycles. The topological polar surface area (TPSA) is 153 Å². The van der Waals surface area contributed by atoms with Crippen molar-refractivity contribution in [3.05, 3.63) is 101 Å². The number of benzene rings is 2. The molecule has 3 N–H and O–H groups in total. The van der Waals surface area contributed by atoms with Crippen LogP contribution in [0, 0.1) is 6.92 Å². The molecule has 2 atom stereocenters. The van der Waals surface area contributed by atoms with Crippen LogP contribution in [0.1, 0.15) is 29.9 Å². The monoisotopic (exact) mass is 596 g/mol. The number of esters is 1. The van der Waals surface area contributed by atoms with Crippen LogP contribution >= 0.6 is 0 Å². The zero-order valence-electron chi connectivity index (χ0n) is 24.7. The summed E-state index contributed by atoms with van der Waals surface area (Å²) in [5, 5.41) is 3.50. The number of fused-ring (bicyclic) bond motifs is 1. The molecular weight excluding hydrogens is 564 g/mol. The van der Waals surface area contributed by atoms with E-state index in [-0.39, 0.29) is 17.9 Å². The van der Waals surface area contributed by atoms with Crippen molar-refractivity contribution in [1.29, 1.82) is 0 Å². The van der Waals surface area contributed by atoms with Crippen LogP contribution in [0.15, 0.2) is 83.9 Å². The quantitative estimate of drug-likeness (QED) is 0.226. The minimum atomic E-state index is -0.793. The van der Waals surface area contributed by atoms with Crippen LogP contribution in [-0.4, -0.2) is 50.5 Å². The predicted molar refractivity (Wildman–Crippen MR) is 165 cm³/mol. The number of nitrogens with zero attached hydrogens (tertiary/aromatic N) is 4. The molecule has 0 aliphatic carbocycles. The number of nitrogens with one attached hydrogen (secondary N) is 1. The van der Waals surface area contributed by atoms with Crippen molar-refractivity contribution in [2.24, 2.45) is 5.73 Å². The summed E-state index contributed by atoms with van der Waals surface area (Å²) in [7, 11) is 1.59. The van der Waals surface area contributed by atoms with E-state index >= 15 is 0 Å². The Morgan fingerprint density at radius 2 is 1.75 bits per heavy atom. The minimum Gasteiger partial charge on any atom is -0.497 e. The lowest BCUT2D eigenvalue weighted by Gasteiger charge is -2.19. The normalized spacial score (nSPS) is 12.4. The molecule has 0 spiro atoms. The molecule has 3 aromatic heterocycles. The van der Waals surface area contributed by atoms with Crippen molar-refractivity contribution >= 4 is 28.6 Å². The molecule has 0 bridgehead atoms. The van der Waals surface area contributed by atoms with Gasteiger partial charge in [-0.3, -0.25) is 24.0 Å². The number of methoxy groups -OCH3 is 1. The summed E-state index contributed by atoms with van der Waals surface area (Å²) in [6.07, 6.45) is 2.48. The second-order valence-electron chi connectivity index (χ2n) is 10.2. The van der Waals surface area contributed by atoms with E-state index in [1.54, 1.807) is 74.3 Å². The minimum absolute atomic E-state index is 0.0691. The van der Waals surface area contributed by atoms with Crippen LogP contribution in [0.4, 0.5) is 5.82 Å². The van der Waals surface area contributed by atoms with Gasteiger partial charge in [0.1, 0.15) is 40.8 Å². The molecule has 12 heteroatoms. The van der Waals surface area contributed by atoms with E-state index in [0.29, 0.717) is 34.1 Å². The second kappa shape index (κ2) is 12.8. The highest BCUT2D eigenvalue weighted by atomic mass is 16.5. The number of pyridine rings is 2. The number of carbonyl (C=O) groups excluding carboxylic acids is 2. The molecule has 0 saturated carbocycles. The number of aromatic nitrogens is 4. The molecule has 1 unspecified atom stereocenters. The molecule has 1 amide bonds. The van der Waals surface area contributed by atoms with E-state index in [9.17, 15) is 14.4 Å². The Morgan fingerprint density at radius 1 is 1.00 bits per heavy atom. The van der Waals surface area contributed by atoms with Crippen LogP contribution in [0.3, 0.4) is 0 Å². The van der Waals surface area contributed by atoms with Gasteiger partial charge in [-0.15, -0.1) is 0 Å². The van der Waals surface area contributed by atoms with Crippen molar-refractivity contribution in [2.45, 2.75) is 39.5 Å². The van der Waals surface area contributed by atoms with Crippen LogP contribution in [-0.2, 0) is 16.1 Å². The van der Waals surface area contributed by atoms with Gasteiger partial charge in [0.2, 0.25) is 0 Å². The van der Waals surface area contributed by atoms with E-state index in [1.807, 2.05) is 24.3 Å². The Morgan fingerprint density at radius 3 is 2.43 bits per heavy atom. The van der Waals surface area contributed by atoms with Gasteiger partial charge < -0.3 is 25.3 Å². The van der Waals surface area contributed by atoms with E-state index < -0.39 is 29.6 Å². The zero-order chi connectivity index (χ0) is 31.4. The number of ether oxygens (including phenoxy) is 3. The fraction of sp³-hybridized carbons (Fsp3) is 0.219. The Labute approximate surface area is 253 Å². The standard InChI is InChI=1S/C32H32N6O6/c1-19(43-32(41)20(2)33)18-37-21(3)29(31(40)38(37)22-8-6-5-7-9-22)30(39)36-28-13-11-24(17-35-28)44-27-14-15-34-26-16-23(42-4)10-12-25(26)27/h5-17,19-20H,18,33H2,1-4H3,(H,35,36,39)/t19-,20?/m1/s1. The third-order valence-corrected chi connectivity index (χ3v) is 6.86. The molecule has 0 aliphatic rings. The Balaban J connectivity index is 1.38. The number of amides is 1. The average molecular weight is 597 g/mol. The third-order valence-electron chi connectivity index (χ3n) is 6.86. The number of para-hydroxylation sites is 1.